The minimum absolute atomic E-state index is 0.211. The van der Waals surface area contributed by atoms with Gasteiger partial charge in [0.05, 0.1) is 11.0 Å². The molecule has 7 heteroatoms. The van der Waals surface area contributed by atoms with Gasteiger partial charge in [0.1, 0.15) is 16.9 Å². The van der Waals surface area contributed by atoms with Gasteiger partial charge in [-0.05, 0) is 52.0 Å². The Kier molecular flexibility index (Phi) is 6.26. The van der Waals surface area contributed by atoms with Crippen LogP contribution in [0.25, 0.3) is 21.9 Å². The summed E-state index contributed by atoms with van der Waals surface area (Å²) in [5.74, 6) is 2.05. The Morgan fingerprint density at radius 1 is 1.19 bits per heavy atom. The number of anilines is 1. The molecule has 172 valence electrons. The first-order valence-electron chi connectivity index (χ1n) is 11.8. The molecule has 0 bridgehead atoms. The first-order valence-corrected chi connectivity index (χ1v) is 11.8. The highest BCUT2D eigenvalue weighted by Gasteiger charge is 2.28. The summed E-state index contributed by atoms with van der Waals surface area (Å²) in [6, 6.07) is 8.15. The number of imidazole rings is 1. The summed E-state index contributed by atoms with van der Waals surface area (Å²) in [6.07, 6.45) is 4.82. The highest BCUT2D eigenvalue weighted by molar-refractivity contribution is 6.06. The third-order valence-corrected chi connectivity index (χ3v) is 6.15. The Labute approximate surface area is 189 Å². The topological polar surface area (TPSA) is 86.3 Å². The van der Waals surface area contributed by atoms with E-state index in [0.717, 1.165) is 79.5 Å². The van der Waals surface area contributed by atoms with Crippen molar-refractivity contribution in [2.24, 2.45) is 5.92 Å². The van der Waals surface area contributed by atoms with Crippen LogP contribution in [-0.4, -0.2) is 44.2 Å². The van der Waals surface area contributed by atoms with Crippen molar-refractivity contribution in [2.75, 3.05) is 18.8 Å². The molecule has 1 amide bonds. The molecule has 0 unspecified atom stereocenters. The number of aryl methyl sites for hydroxylation is 1. The molecule has 7 nitrogen and oxygen atoms in total. The van der Waals surface area contributed by atoms with Crippen LogP contribution >= 0.6 is 0 Å². The van der Waals surface area contributed by atoms with E-state index in [1.807, 2.05) is 43.9 Å². The van der Waals surface area contributed by atoms with Gasteiger partial charge in [-0.1, -0.05) is 31.5 Å². The van der Waals surface area contributed by atoms with Gasteiger partial charge >= 0.3 is 6.09 Å². The fraction of sp³-hybridized carbons (Fsp3) is 0.560. The number of unbranched alkanes of at least 4 members (excludes halogenated alkanes) is 1. The molecular formula is C25H35N5O2. The van der Waals surface area contributed by atoms with Crippen LogP contribution in [0.15, 0.2) is 24.3 Å². The number of hydrogen-bond donors (Lipinski definition) is 1. The lowest BCUT2D eigenvalue weighted by Gasteiger charge is -2.33. The van der Waals surface area contributed by atoms with E-state index in [0.29, 0.717) is 11.7 Å². The van der Waals surface area contributed by atoms with E-state index in [-0.39, 0.29) is 6.09 Å². The van der Waals surface area contributed by atoms with Crippen LogP contribution in [0.2, 0.25) is 0 Å². The van der Waals surface area contributed by atoms with E-state index in [1.54, 1.807) is 0 Å². The van der Waals surface area contributed by atoms with E-state index in [9.17, 15) is 4.79 Å². The lowest BCUT2D eigenvalue weighted by atomic mass is 9.96. The molecule has 1 aromatic carbocycles. The molecule has 32 heavy (non-hydrogen) atoms. The molecule has 3 aromatic rings. The van der Waals surface area contributed by atoms with Gasteiger partial charge in [-0.2, -0.15) is 0 Å². The van der Waals surface area contributed by atoms with Crippen molar-refractivity contribution in [1.82, 2.24) is 19.4 Å². The van der Waals surface area contributed by atoms with Crippen molar-refractivity contribution in [1.29, 1.82) is 0 Å². The van der Waals surface area contributed by atoms with Crippen LogP contribution in [0.3, 0.4) is 0 Å². The molecule has 0 spiro atoms. The number of aromatic nitrogens is 3. The summed E-state index contributed by atoms with van der Waals surface area (Å²) in [5.41, 5.74) is 8.66. The summed E-state index contributed by atoms with van der Waals surface area (Å²) in [6.45, 7) is 10.2. The first kappa shape index (κ1) is 22.4. The molecule has 2 aromatic heterocycles. The zero-order valence-corrected chi connectivity index (χ0v) is 19.7. The van der Waals surface area contributed by atoms with Gasteiger partial charge < -0.3 is 19.9 Å². The number of carbonyl (C=O) groups excluding carboxylic acids is 1. The van der Waals surface area contributed by atoms with Crippen LogP contribution in [0.4, 0.5) is 10.6 Å². The van der Waals surface area contributed by atoms with Gasteiger partial charge in [0.15, 0.2) is 5.82 Å². The van der Waals surface area contributed by atoms with Crippen molar-refractivity contribution in [3.63, 3.8) is 0 Å². The van der Waals surface area contributed by atoms with Crippen molar-refractivity contribution >= 4 is 33.8 Å². The second kappa shape index (κ2) is 8.96. The van der Waals surface area contributed by atoms with Crippen LogP contribution in [0.1, 0.15) is 59.2 Å². The molecule has 2 N–H and O–H groups in total. The second-order valence-corrected chi connectivity index (χ2v) is 9.86. The van der Waals surface area contributed by atoms with Crippen molar-refractivity contribution in [3.05, 3.63) is 30.1 Å². The fourth-order valence-corrected chi connectivity index (χ4v) is 4.51. The maximum absolute atomic E-state index is 12.4. The predicted octanol–water partition coefficient (Wildman–Crippen LogP) is 5.16. The number of benzene rings is 1. The number of piperidine rings is 1. The normalized spacial score (nSPS) is 15.6. The molecule has 1 aliphatic rings. The standard InChI is InChI=1S/C25H35N5O2/c1-5-6-11-20-28-21-22(18-9-7-8-10-19(18)27-23(21)26)30(20)16-17-12-14-29(15-13-17)24(31)32-25(2,3)4/h7-10,17H,5-6,11-16H2,1-4H3,(H2,26,27). The number of nitrogens with two attached hydrogens (primary N) is 1. The Morgan fingerprint density at radius 2 is 1.91 bits per heavy atom. The highest BCUT2D eigenvalue weighted by atomic mass is 16.6. The van der Waals surface area contributed by atoms with Crippen LogP contribution in [0.5, 0.6) is 0 Å². The first-order chi connectivity index (χ1) is 15.3. The molecule has 1 aliphatic heterocycles. The minimum Gasteiger partial charge on any atom is -0.444 e. The zero-order valence-electron chi connectivity index (χ0n) is 19.7. The Hall–Kier alpha value is -2.83. The Bertz CT molecular complexity index is 1110. The maximum Gasteiger partial charge on any atom is 0.410 e. The van der Waals surface area contributed by atoms with Gasteiger partial charge in [0, 0.05) is 31.4 Å². The quantitative estimate of drug-likeness (QED) is 0.596. The summed E-state index contributed by atoms with van der Waals surface area (Å²) >= 11 is 0. The predicted molar refractivity (Wildman–Crippen MR) is 129 cm³/mol. The smallest absolute Gasteiger partial charge is 0.410 e. The number of nitrogen functional groups attached to an aromatic ring is 1. The average molecular weight is 438 g/mol. The molecule has 1 saturated heterocycles. The number of likely N-dealkylation sites (tertiary alicyclic amines) is 1. The average Bonchev–Trinajstić information content (AvgIpc) is 3.10. The number of ether oxygens (including phenoxy) is 1. The summed E-state index contributed by atoms with van der Waals surface area (Å²) in [5, 5.41) is 1.10. The zero-order chi connectivity index (χ0) is 22.9. The molecule has 0 atom stereocenters. The molecule has 3 heterocycles. The Balaban J connectivity index is 1.60. The monoisotopic (exact) mass is 437 g/mol. The molecule has 0 radical (unpaired) electrons. The molecule has 0 aliphatic carbocycles. The van der Waals surface area contributed by atoms with Crippen LogP contribution < -0.4 is 5.73 Å². The fourth-order valence-electron chi connectivity index (χ4n) is 4.51. The summed E-state index contributed by atoms with van der Waals surface area (Å²) in [7, 11) is 0. The number of hydrogen-bond acceptors (Lipinski definition) is 5. The van der Waals surface area contributed by atoms with Crippen LogP contribution in [0, 0.1) is 5.92 Å². The number of rotatable bonds is 5. The number of para-hydroxylation sites is 1. The Morgan fingerprint density at radius 3 is 2.59 bits per heavy atom. The largest absolute Gasteiger partial charge is 0.444 e. The van der Waals surface area contributed by atoms with Crippen molar-refractivity contribution in [2.45, 2.75) is 71.9 Å². The van der Waals surface area contributed by atoms with E-state index >= 15 is 0 Å². The van der Waals surface area contributed by atoms with E-state index in [4.69, 9.17) is 15.5 Å². The molecule has 4 rings (SSSR count). The van der Waals surface area contributed by atoms with E-state index in [2.05, 4.69) is 22.5 Å². The summed E-state index contributed by atoms with van der Waals surface area (Å²) in [4.78, 5) is 23.8. The van der Waals surface area contributed by atoms with Gasteiger partial charge in [0.25, 0.3) is 0 Å². The summed E-state index contributed by atoms with van der Waals surface area (Å²) < 4.78 is 7.93. The van der Waals surface area contributed by atoms with Crippen molar-refractivity contribution < 1.29 is 9.53 Å². The number of nitrogens with zero attached hydrogens (tertiary/aromatic N) is 4. The molecule has 1 fully saturated rings. The van der Waals surface area contributed by atoms with Gasteiger partial charge in [0.2, 0.25) is 0 Å². The minimum atomic E-state index is -0.465. The molecule has 0 saturated carbocycles. The van der Waals surface area contributed by atoms with Crippen molar-refractivity contribution in [3.8, 4) is 0 Å². The maximum atomic E-state index is 12.4. The SMILES string of the molecule is CCCCc1nc2c(N)nc3ccccc3c2n1CC1CCN(C(=O)OC(C)(C)C)CC1. The second-order valence-electron chi connectivity index (χ2n) is 9.86. The van der Waals surface area contributed by atoms with Gasteiger partial charge in [-0.15, -0.1) is 0 Å². The third kappa shape index (κ3) is 4.66. The third-order valence-electron chi connectivity index (χ3n) is 6.15. The number of pyridine rings is 1. The van der Waals surface area contributed by atoms with Crippen LogP contribution in [-0.2, 0) is 17.7 Å². The van der Waals surface area contributed by atoms with E-state index in [1.165, 1.54) is 0 Å². The molecular weight excluding hydrogens is 402 g/mol. The highest BCUT2D eigenvalue weighted by Crippen LogP contribution is 2.31. The number of amides is 1. The van der Waals surface area contributed by atoms with Gasteiger partial charge in [-0.3, -0.25) is 0 Å². The number of carbonyl (C=O) groups is 1. The number of fused-ring (bicyclic) bond motifs is 3. The van der Waals surface area contributed by atoms with Gasteiger partial charge in [-0.25, -0.2) is 14.8 Å². The lowest BCUT2D eigenvalue weighted by molar-refractivity contribution is 0.0178. The van der Waals surface area contributed by atoms with E-state index < -0.39 is 5.60 Å². The lowest BCUT2D eigenvalue weighted by Crippen LogP contribution is -2.42.